The number of ether oxygens (including phenoxy) is 1. The summed E-state index contributed by atoms with van der Waals surface area (Å²) in [6, 6.07) is 14.3. The highest BCUT2D eigenvalue weighted by Crippen LogP contribution is 2.25. The van der Waals surface area contributed by atoms with Gasteiger partial charge in [-0.1, -0.05) is 18.2 Å². The van der Waals surface area contributed by atoms with E-state index in [9.17, 15) is 13.6 Å². The van der Waals surface area contributed by atoms with Crippen LogP contribution in [0.4, 0.5) is 8.78 Å². The van der Waals surface area contributed by atoms with Crippen molar-refractivity contribution < 1.29 is 18.3 Å². The minimum Gasteiger partial charge on any atom is -0.492 e. The average molecular weight is 481 g/mol. The Morgan fingerprint density at radius 1 is 1.03 bits per heavy atom. The molecule has 35 heavy (non-hydrogen) atoms. The van der Waals surface area contributed by atoms with Crippen molar-refractivity contribution in [3.05, 3.63) is 83.6 Å². The van der Waals surface area contributed by atoms with Crippen molar-refractivity contribution in [3.8, 4) is 17.0 Å². The molecule has 1 aliphatic heterocycles. The number of halogens is 2. The molecule has 2 heterocycles. The predicted molar refractivity (Wildman–Crippen MR) is 131 cm³/mol. The van der Waals surface area contributed by atoms with Crippen molar-refractivity contribution in [1.29, 1.82) is 0 Å². The smallest absolute Gasteiger partial charge is 0.224 e. The Balaban J connectivity index is 1.26. The lowest BCUT2D eigenvalue weighted by atomic mass is 10.1. The van der Waals surface area contributed by atoms with Gasteiger partial charge in [0.15, 0.2) is 0 Å². The normalized spacial score (nSPS) is 14.6. The molecule has 1 amide bonds. The topological polar surface area (TPSA) is 57.7 Å². The van der Waals surface area contributed by atoms with E-state index in [1.807, 2.05) is 0 Å². The zero-order valence-electron chi connectivity index (χ0n) is 19.8. The molecular weight excluding hydrogens is 450 g/mol. The van der Waals surface area contributed by atoms with Crippen LogP contribution in [0, 0.1) is 11.6 Å². The Kier molecular flexibility index (Phi) is 8.39. The van der Waals surface area contributed by atoms with E-state index >= 15 is 0 Å². The van der Waals surface area contributed by atoms with Crippen molar-refractivity contribution in [2.24, 2.45) is 0 Å². The van der Waals surface area contributed by atoms with Gasteiger partial charge in [0.05, 0.1) is 12.1 Å². The van der Waals surface area contributed by atoms with E-state index in [1.54, 1.807) is 42.6 Å². The van der Waals surface area contributed by atoms with Gasteiger partial charge in [-0.25, -0.2) is 8.78 Å². The number of hydrogen-bond acceptors (Lipinski definition) is 5. The van der Waals surface area contributed by atoms with Crippen LogP contribution < -0.4 is 10.1 Å². The second kappa shape index (κ2) is 11.9. The molecule has 0 unspecified atom stereocenters. The van der Waals surface area contributed by atoms with Crippen molar-refractivity contribution in [1.82, 2.24) is 20.1 Å². The number of nitrogens with one attached hydrogen (secondary N) is 1. The molecule has 4 rings (SSSR count). The first-order valence-corrected chi connectivity index (χ1v) is 11.8. The standard InChI is InChI=1S/C27H30F2N4O2/c1-32-9-11-33(12-10-32)13-14-35-23-6-7-24(25(29)17-23)26-8-5-21(18-30-26)16-27(34)31-19-20-3-2-4-22(28)15-20/h2-8,15,17-18H,9-14,16,19H2,1H3,(H,31,34). The van der Waals surface area contributed by atoms with E-state index < -0.39 is 5.82 Å². The van der Waals surface area contributed by atoms with Gasteiger partial charge in [0.25, 0.3) is 0 Å². The summed E-state index contributed by atoms with van der Waals surface area (Å²) in [5.74, 6) is -0.454. The third kappa shape index (κ3) is 7.31. The largest absolute Gasteiger partial charge is 0.492 e. The molecule has 184 valence electrons. The Morgan fingerprint density at radius 2 is 1.86 bits per heavy atom. The molecule has 2 aromatic carbocycles. The Labute approximate surface area is 204 Å². The third-order valence-electron chi connectivity index (χ3n) is 6.06. The molecular formula is C27H30F2N4O2. The molecule has 3 aromatic rings. The predicted octanol–water partition coefficient (Wildman–Crippen LogP) is 3.51. The first-order chi connectivity index (χ1) is 17.0. The van der Waals surface area contributed by atoms with Crippen LogP contribution in [0.1, 0.15) is 11.1 Å². The zero-order chi connectivity index (χ0) is 24.6. The lowest BCUT2D eigenvalue weighted by molar-refractivity contribution is -0.120. The molecule has 1 saturated heterocycles. The number of nitrogens with zero attached hydrogens (tertiary/aromatic N) is 3. The van der Waals surface area contributed by atoms with Crippen molar-refractivity contribution in [3.63, 3.8) is 0 Å². The second-order valence-corrected chi connectivity index (χ2v) is 8.77. The number of pyridine rings is 1. The van der Waals surface area contributed by atoms with Crippen LogP contribution in [0.5, 0.6) is 5.75 Å². The van der Waals surface area contributed by atoms with Crippen molar-refractivity contribution >= 4 is 5.91 Å². The molecule has 0 bridgehead atoms. The molecule has 6 nitrogen and oxygen atoms in total. The molecule has 0 spiro atoms. The lowest BCUT2D eigenvalue weighted by Gasteiger charge is -2.32. The lowest BCUT2D eigenvalue weighted by Crippen LogP contribution is -2.45. The highest BCUT2D eigenvalue weighted by molar-refractivity contribution is 5.78. The number of hydrogen-bond donors (Lipinski definition) is 1. The minimum atomic E-state index is -0.407. The van der Waals surface area contributed by atoms with Gasteiger partial charge in [-0.3, -0.25) is 14.7 Å². The van der Waals surface area contributed by atoms with E-state index in [4.69, 9.17) is 4.74 Å². The number of rotatable bonds is 9. The minimum absolute atomic E-state index is 0.130. The van der Waals surface area contributed by atoms with Crippen LogP contribution in [0.3, 0.4) is 0 Å². The monoisotopic (exact) mass is 480 g/mol. The summed E-state index contributed by atoms with van der Waals surface area (Å²) in [7, 11) is 2.12. The molecule has 1 aliphatic rings. The van der Waals surface area contributed by atoms with Gasteiger partial charge in [-0.2, -0.15) is 0 Å². The number of likely N-dealkylation sites (N-methyl/N-ethyl adjacent to an activating group) is 1. The highest BCUT2D eigenvalue weighted by Gasteiger charge is 2.14. The van der Waals surface area contributed by atoms with E-state index in [0.717, 1.165) is 32.7 Å². The van der Waals surface area contributed by atoms with Crippen LogP contribution in [-0.2, 0) is 17.8 Å². The van der Waals surface area contributed by atoms with E-state index in [2.05, 4.69) is 27.1 Å². The maximum atomic E-state index is 14.7. The fourth-order valence-electron chi connectivity index (χ4n) is 3.94. The zero-order valence-corrected chi connectivity index (χ0v) is 19.8. The summed E-state index contributed by atoms with van der Waals surface area (Å²) in [6.45, 7) is 5.71. The van der Waals surface area contributed by atoms with Gasteiger partial charge < -0.3 is 15.0 Å². The van der Waals surface area contributed by atoms with Gasteiger partial charge in [0.1, 0.15) is 24.0 Å². The SMILES string of the molecule is CN1CCN(CCOc2ccc(-c3ccc(CC(=O)NCc4cccc(F)c4)cn3)c(F)c2)CC1. The Bertz CT molecular complexity index is 1130. The van der Waals surface area contributed by atoms with Crippen LogP contribution in [0.15, 0.2) is 60.8 Å². The molecule has 1 N–H and O–H groups in total. The average Bonchev–Trinajstić information content (AvgIpc) is 2.85. The molecule has 0 atom stereocenters. The quantitative estimate of drug-likeness (QED) is 0.508. The fraction of sp³-hybridized carbons (Fsp3) is 0.333. The maximum absolute atomic E-state index is 14.7. The molecule has 0 radical (unpaired) electrons. The van der Waals surface area contributed by atoms with Crippen LogP contribution in [0.25, 0.3) is 11.3 Å². The number of amides is 1. The van der Waals surface area contributed by atoms with Gasteiger partial charge in [-0.15, -0.1) is 0 Å². The summed E-state index contributed by atoms with van der Waals surface area (Å²) in [5, 5.41) is 2.76. The molecule has 0 saturated carbocycles. The maximum Gasteiger partial charge on any atom is 0.224 e. The summed E-state index contributed by atoms with van der Waals surface area (Å²) < 4.78 is 33.7. The van der Waals surface area contributed by atoms with Gasteiger partial charge in [-0.05, 0) is 48.5 Å². The summed E-state index contributed by atoms with van der Waals surface area (Å²) in [5.41, 5.74) is 2.25. The van der Waals surface area contributed by atoms with E-state index in [1.165, 1.54) is 18.2 Å². The summed E-state index contributed by atoms with van der Waals surface area (Å²) >= 11 is 0. The number of benzene rings is 2. The number of aromatic nitrogens is 1. The number of carbonyl (C=O) groups is 1. The highest BCUT2D eigenvalue weighted by atomic mass is 19.1. The third-order valence-corrected chi connectivity index (χ3v) is 6.06. The second-order valence-electron chi connectivity index (χ2n) is 8.77. The first kappa shape index (κ1) is 24.8. The Morgan fingerprint density at radius 3 is 2.57 bits per heavy atom. The molecule has 1 aromatic heterocycles. The fourth-order valence-corrected chi connectivity index (χ4v) is 3.94. The number of carbonyl (C=O) groups excluding carboxylic acids is 1. The van der Waals surface area contributed by atoms with E-state index in [-0.39, 0.29) is 24.7 Å². The molecule has 8 heteroatoms. The summed E-state index contributed by atoms with van der Waals surface area (Å²) in [4.78, 5) is 21.2. The van der Waals surface area contributed by atoms with Gasteiger partial charge >= 0.3 is 0 Å². The first-order valence-electron chi connectivity index (χ1n) is 11.8. The van der Waals surface area contributed by atoms with Crippen molar-refractivity contribution in [2.45, 2.75) is 13.0 Å². The van der Waals surface area contributed by atoms with Crippen molar-refractivity contribution in [2.75, 3.05) is 46.4 Å². The van der Waals surface area contributed by atoms with Crippen LogP contribution in [-0.4, -0.2) is 67.1 Å². The van der Waals surface area contributed by atoms with Crippen LogP contribution >= 0.6 is 0 Å². The van der Waals surface area contributed by atoms with Gasteiger partial charge in [0.2, 0.25) is 5.91 Å². The number of piperazine rings is 1. The molecule has 0 aliphatic carbocycles. The Hall–Kier alpha value is -3.36. The van der Waals surface area contributed by atoms with Gasteiger partial charge in [0, 0.05) is 57.1 Å². The molecule has 1 fully saturated rings. The summed E-state index contributed by atoms with van der Waals surface area (Å²) in [6.07, 6.45) is 1.70. The van der Waals surface area contributed by atoms with E-state index in [0.29, 0.717) is 34.7 Å². The van der Waals surface area contributed by atoms with Crippen LogP contribution in [0.2, 0.25) is 0 Å².